The monoisotopic (exact) mass is 524 g/mol. The van der Waals surface area contributed by atoms with Gasteiger partial charge in [-0.3, -0.25) is 10.4 Å². The number of hydrogen-bond acceptors (Lipinski definition) is 7. The van der Waals surface area contributed by atoms with Crippen LogP contribution < -0.4 is 10.7 Å². The number of fused-ring (bicyclic) bond motifs is 1. The lowest BCUT2D eigenvalue weighted by molar-refractivity contribution is 0.345. The lowest BCUT2D eigenvalue weighted by Crippen LogP contribution is -2.27. The summed E-state index contributed by atoms with van der Waals surface area (Å²) in [5.74, 6) is 0.664. The first-order valence-corrected chi connectivity index (χ1v) is 13.5. The highest BCUT2D eigenvalue weighted by molar-refractivity contribution is 7.80. The molecule has 0 amide bonds. The molecule has 2 aromatic heterocycles. The van der Waals surface area contributed by atoms with Crippen LogP contribution in [0.2, 0.25) is 0 Å². The number of benzene rings is 1. The molecule has 7 heteroatoms. The molecule has 6 nitrogen and oxygen atoms in total. The minimum absolute atomic E-state index is 0.664. The maximum Gasteiger partial charge on any atom is 0.146 e. The van der Waals surface area contributed by atoms with Crippen LogP contribution in [0.5, 0.6) is 0 Å². The molecule has 1 aromatic carbocycles. The Labute approximate surface area is 231 Å². The van der Waals surface area contributed by atoms with Gasteiger partial charge in [-0.15, -0.1) is 12.6 Å². The van der Waals surface area contributed by atoms with Crippen molar-refractivity contribution in [2.24, 2.45) is 5.10 Å². The van der Waals surface area contributed by atoms with Crippen LogP contribution in [0, 0.1) is 0 Å². The number of thiol groups is 1. The van der Waals surface area contributed by atoms with Crippen molar-refractivity contribution < 1.29 is 0 Å². The van der Waals surface area contributed by atoms with Crippen molar-refractivity contribution in [3.63, 3.8) is 0 Å². The van der Waals surface area contributed by atoms with Crippen LogP contribution in [0.4, 0.5) is 5.82 Å². The van der Waals surface area contributed by atoms with E-state index in [9.17, 15) is 0 Å². The first kappa shape index (κ1) is 27.2. The number of hydrogen-bond donors (Lipinski definition) is 3. The number of rotatable bonds is 10. The number of hydrazone groups is 1. The number of aryl methyl sites for hydroxylation is 2. The molecule has 0 saturated heterocycles. The summed E-state index contributed by atoms with van der Waals surface area (Å²) < 4.78 is 0. The first-order valence-electron chi connectivity index (χ1n) is 13.1. The van der Waals surface area contributed by atoms with E-state index in [1.807, 2.05) is 36.4 Å². The molecule has 0 radical (unpaired) electrons. The minimum atomic E-state index is 0.664. The largest absolute Gasteiger partial charge is 0.385 e. The molecule has 2 N–H and O–H groups in total. The number of allylic oxidation sites excluding steroid dienone is 1. The fourth-order valence-electron chi connectivity index (χ4n) is 4.25. The highest BCUT2D eigenvalue weighted by atomic mass is 32.1. The molecule has 196 valence electrons. The van der Waals surface area contributed by atoms with Gasteiger partial charge in [0.05, 0.1) is 11.9 Å². The molecule has 0 aliphatic carbocycles. The van der Waals surface area contributed by atoms with Gasteiger partial charge in [0.25, 0.3) is 0 Å². The quantitative estimate of drug-likeness (QED) is 0.128. The fraction of sp³-hybridized carbons (Fsp3) is 0.258. The normalized spacial score (nSPS) is 14.4. The fourth-order valence-corrected chi connectivity index (χ4v) is 4.47. The van der Waals surface area contributed by atoms with Gasteiger partial charge in [0.2, 0.25) is 0 Å². The van der Waals surface area contributed by atoms with Crippen LogP contribution in [0.1, 0.15) is 47.8 Å². The molecule has 0 fully saturated rings. The predicted octanol–water partition coefficient (Wildman–Crippen LogP) is 6.20. The number of nitrogens with zero attached hydrogens (tertiary/aromatic N) is 4. The Morgan fingerprint density at radius 3 is 2.82 bits per heavy atom. The summed E-state index contributed by atoms with van der Waals surface area (Å²) in [6.45, 7) is 13.4. The smallest absolute Gasteiger partial charge is 0.146 e. The van der Waals surface area contributed by atoms with E-state index >= 15 is 0 Å². The van der Waals surface area contributed by atoms with Crippen molar-refractivity contribution in [1.29, 1.82) is 0 Å². The molecule has 1 aliphatic heterocycles. The summed E-state index contributed by atoms with van der Waals surface area (Å²) in [5.41, 5.74) is 10.3. The number of aromatic nitrogens is 2. The third-order valence-corrected chi connectivity index (χ3v) is 6.93. The molecular formula is C31H36N6S. The zero-order chi connectivity index (χ0) is 26.7. The highest BCUT2D eigenvalue weighted by Gasteiger charge is 2.11. The second-order valence-corrected chi connectivity index (χ2v) is 9.72. The van der Waals surface area contributed by atoms with E-state index in [-0.39, 0.29) is 0 Å². The second kappa shape index (κ2) is 13.6. The molecular weight excluding hydrogens is 488 g/mol. The van der Waals surface area contributed by atoms with Gasteiger partial charge in [-0.25, -0.2) is 4.98 Å². The van der Waals surface area contributed by atoms with Crippen LogP contribution in [0.25, 0.3) is 11.8 Å². The van der Waals surface area contributed by atoms with E-state index < -0.39 is 0 Å². The summed E-state index contributed by atoms with van der Waals surface area (Å²) in [7, 11) is 0. The van der Waals surface area contributed by atoms with E-state index in [0.717, 1.165) is 84.1 Å². The molecule has 3 heterocycles. The van der Waals surface area contributed by atoms with Crippen LogP contribution >= 0.6 is 12.6 Å². The summed E-state index contributed by atoms with van der Waals surface area (Å²) in [4.78, 5) is 12.5. The Balaban J connectivity index is 1.22. The van der Waals surface area contributed by atoms with Gasteiger partial charge in [0.1, 0.15) is 5.82 Å². The Bertz CT molecular complexity index is 1310. The van der Waals surface area contributed by atoms with Gasteiger partial charge >= 0.3 is 0 Å². The zero-order valence-electron chi connectivity index (χ0n) is 22.0. The standard InChI is InChI=1S/C31H36N6S/c1-4-28-15-13-25-10-7-19-37(23(2)12-16-29(25)35-28)20-8-18-32-24(3)26-14-17-31(33-21-26)36-34-22-27-9-5-6-11-30(27)38/h5-6,9,11-17,21-22,32,38H,2-4,7-8,10,18-20H2,1H3,(H,33,36)/b16-12+,34-22+. The van der Waals surface area contributed by atoms with Crippen molar-refractivity contribution in [2.45, 2.75) is 37.5 Å². The SMILES string of the molecule is C=C(NCCCN1CCCc2ccc(CC)nc2/C=C/C1=C)c1ccc(N/N=C/c2ccccc2S)nc1. The Hall–Kier alpha value is -3.84. The number of nitrogens with one attached hydrogen (secondary N) is 2. The van der Waals surface area contributed by atoms with E-state index in [1.165, 1.54) is 5.56 Å². The lowest BCUT2D eigenvalue weighted by atomic mass is 10.1. The third-order valence-electron chi connectivity index (χ3n) is 6.52. The average Bonchev–Trinajstić information content (AvgIpc) is 3.01. The molecule has 0 spiro atoms. The van der Waals surface area contributed by atoms with Crippen molar-refractivity contribution >= 4 is 36.4 Å². The van der Waals surface area contributed by atoms with Crippen molar-refractivity contribution in [3.8, 4) is 0 Å². The molecule has 4 rings (SSSR count). The lowest BCUT2D eigenvalue weighted by Gasteiger charge is -2.25. The molecule has 1 aliphatic rings. The molecule has 0 atom stereocenters. The van der Waals surface area contributed by atoms with Crippen LogP contribution in [-0.2, 0) is 12.8 Å². The van der Waals surface area contributed by atoms with Gasteiger partial charge < -0.3 is 10.2 Å². The summed E-state index contributed by atoms with van der Waals surface area (Å²) in [5, 5.41) is 7.69. The molecule has 0 unspecified atom stereocenters. The maximum absolute atomic E-state index is 4.81. The summed E-state index contributed by atoms with van der Waals surface area (Å²) >= 11 is 4.43. The number of pyridine rings is 2. The van der Waals surface area contributed by atoms with Gasteiger partial charge in [-0.05, 0) is 67.7 Å². The topological polar surface area (TPSA) is 65.4 Å². The third kappa shape index (κ3) is 7.59. The molecule has 0 bridgehead atoms. The van der Waals surface area contributed by atoms with Gasteiger partial charge in [-0.1, -0.05) is 44.3 Å². The molecule has 0 saturated carbocycles. The molecule has 3 aromatic rings. The van der Waals surface area contributed by atoms with Crippen LogP contribution in [0.15, 0.2) is 89.7 Å². The van der Waals surface area contributed by atoms with Crippen LogP contribution in [-0.4, -0.2) is 40.7 Å². The van der Waals surface area contributed by atoms with Crippen molar-refractivity contribution in [1.82, 2.24) is 20.2 Å². The first-order chi connectivity index (χ1) is 18.5. The average molecular weight is 525 g/mol. The van der Waals surface area contributed by atoms with E-state index in [2.05, 4.69) is 82.7 Å². The van der Waals surface area contributed by atoms with Gasteiger partial charge in [0, 0.05) is 58.9 Å². The second-order valence-electron chi connectivity index (χ2n) is 9.24. The van der Waals surface area contributed by atoms with E-state index in [0.29, 0.717) is 5.82 Å². The Kier molecular flexibility index (Phi) is 9.76. The predicted molar refractivity (Wildman–Crippen MR) is 162 cm³/mol. The van der Waals surface area contributed by atoms with Crippen LogP contribution in [0.3, 0.4) is 0 Å². The number of anilines is 1. The minimum Gasteiger partial charge on any atom is -0.385 e. The highest BCUT2D eigenvalue weighted by Crippen LogP contribution is 2.19. The van der Waals surface area contributed by atoms with Gasteiger partial charge in [0.15, 0.2) is 0 Å². The summed E-state index contributed by atoms with van der Waals surface area (Å²) in [6.07, 6.45) is 11.8. The summed E-state index contributed by atoms with van der Waals surface area (Å²) in [6, 6.07) is 16.0. The molecule has 38 heavy (non-hydrogen) atoms. The Morgan fingerprint density at radius 2 is 2.03 bits per heavy atom. The van der Waals surface area contributed by atoms with Gasteiger partial charge in [-0.2, -0.15) is 5.10 Å². The zero-order valence-corrected chi connectivity index (χ0v) is 22.9. The van der Waals surface area contributed by atoms with Crippen molar-refractivity contribution in [3.05, 3.63) is 108 Å². The van der Waals surface area contributed by atoms with Crippen molar-refractivity contribution in [2.75, 3.05) is 25.1 Å². The van der Waals surface area contributed by atoms with E-state index in [1.54, 1.807) is 12.4 Å². The Morgan fingerprint density at radius 1 is 1.16 bits per heavy atom. The maximum atomic E-state index is 4.81. The van der Waals surface area contributed by atoms with E-state index in [4.69, 9.17) is 4.98 Å².